The van der Waals surface area contributed by atoms with E-state index < -0.39 is 10.0 Å². The molecule has 1 amide bonds. The quantitative estimate of drug-likeness (QED) is 0.646. The highest BCUT2D eigenvalue weighted by Gasteiger charge is 2.34. The Morgan fingerprint density at radius 3 is 2.34 bits per heavy atom. The van der Waals surface area contributed by atoms with Crippen LogP contribution in [-0.2, 0) is 21.4 Å². The van der Waals surface area contributed by atoms with Gasteiger partial charge in [0.05, 0.1) is 10.9 Å². The van der Waals surface area contributed by atoms with Crippen LogP contribution in [0.4, 0.5) is 0 Å². The molecule has 0 spiro atoms. The number of hydrogen-bond acceptors (Lipinski definition) is 5. The smallest absolute Gasteiger partial charge is 0.252 e. The van der Waals surface area contributed by atoms with Crippen LogP contribution in [0.15, 0.2) is 46.7 Å². The number of thiophene rings is 1. The van der Waals surface area contributed by atoms with Crippen molar-refractivity contribution in [3.05, 3.63) is 52.4 Å². The molecule has 1 saturated heterocycles. The van der Waals surface area contributed by atoms with Crippen LogP contribution >= 0.6 is 22.9 Å². The van der Waals surface area contributed by atoms with Crippen LogP contribution in [0.1, 0.15) is 18.4 Å². The minimum atomic E-state index is -3.54. The first kappa shape index (κ1) is 20.8. The first-order valence-electron chi connectivity index (χ1n) is 9.75. The van der Waals surface area contributed by atoms with Crippen LogP contribution in [-0.4, -0.2) is 67.2 Å². The van der Waals surface area contributed by atoms with Crippen molar-refractivity contribution in [3.8, 4) is 0 Å². The second kappa shape index (κ2) is 8.73. The van der Waals surface area contributed by atoms with E-state index in [1.165, 1.54) is 15.9 Å². The van der Waals surface area contributed by atoms with Gasteiger partial charge in [-0.1, -0.05) is 41.9 Å². The Bertz CT molecular complexity index is 952. The molecule has 4 rings (SSSR count). The van der Waals surface area contributed by atoms with Gasteiger partial charge in [-0.25, -0.2) is 8.42 Å². The van der Waals surface area contributed by atoms with E-state index in [1.807, 2.05) is 18.2 Å². The molecule has 1 aromatic heterocycles. The van der Waals surface area contributed by atoms with Crippen molar-refractivity contribution in [2.45, 2.75) is 29.6 Å². The standard InChI is InChI=1S/C20H24ClN3O3S2/c21-18-8-9-20(28-18)29(26,27)24-12-10-22(11-13-24)19(25)15-23(17-6-7-17)14-16-4-2-1-3-5-16/h1-5,8-9,17H,6-7,10-15H2. The van der Waals surface area contributed by atoms with Crippen molar-refractivity contribution in [3.63, 3.8) is 0 Å². The lowest BCUT2D eigenvalue weighted by Crippen LogP contribution is -2.52. The Labute approximate surface area is 180 Å². The Hall–Kier alpha value is -1.45. The molecule has 6 nitrogen and oxygen atoms in total. The number of carbonyl (C=O) groups is 1. The lowest BCUT2D eigenvalue weighted by Gasteiger charge is -2.35. The molecule has 0 unspecified atom stereocenters. The van der Waals surface area contributed by atoms with Crippen LogP contribution in [0.5, 0.6) is 0 Å². The van der Waals surface area contributed by atoms with E-state index in [2.05, 4.69) is 17.0 Å². The van der Waals surface area contributed by atoms with Crippen molar-refractivity contribution in [2.75, 3.05) is 32.7 Å². The minimum Gasteiger partial charge on any atom is -0.339 e. The van der Waals surface area contributed by atoms with E-state index in [1.54, 1.807) is 11.0 Å². The van der Waals surface area contributed by atoms with Gasteiger partial charge in [0.2, 0.25) is 5.91 Å². The molecular weight excluding hydrogens is 430 g/mol. The number of carbonyl (C=O) groups excluding carboxylic acids is 1. The summed E-state index contributed by atoms with van der Waals surface area (Å²) in [6.45, 7) is 2.61. The predicted molar refractivity (Wildman–Crippen MR) is 115 cm³/mol. The second-order valence-electron chi connectivity index (χ2n) is 7.47. The van der Waals surface area contributed by atoms with Crippen LogP contribution < -0.4 is 0 Å². The zero-order valence-corrected chi connectivity index (χ0v) is 18.4. The molecule has 9 heteroatoms. The maximum atomic E-state index is 12.9. The van der Waals surface area contributed by atoms with E-state index in [4.69, 9.17) is 11.6 Å². The lowest BCUT2D eigenvalue weighted by molar-refractivity contribution is -0.133. The largest absolute Gasteiger partial charge is 0.339 e. The Kier molecular flexibility index (Phi) is 6.27. The third-order valence-electron chi connectivity index (χ3n) is 5.36. The minimum absolute atomic E-state index is 0.0732. The summed E-state index contributed by atoms with van der Waals surface area (Å²) in [7, 11) is -3.54. The molecule has 0 radical (unpaired) electrons. The molecule has 0 atom stereocenters. The van der Waals surface area contributed by atoms with Crippen LogP contribution in [0, 0.1) is 0 Å². The van der Waals surface area contributed by atoms with Gasteiger partial charge in [-0.05, 0) is 30.5 Å². The van der Waals surface area contributed by atoms with Gasteiger partial charge in [0.1, 0.15) is 4.21 Å². The van der Waals surface area contributed by atoms with Gasteiger partial charge < -0.3 is 4.90 Å². The van der Waals surface area contributed by atoms with Crippen LogP contribution in [0.25, 0.3) is 0 Å². The van der Waals surface area contributed by atoms with Gasteiger partial charge in [0.15, 0.2) is 0 Å². The maximum absolute atomic E-state index is 12.9. The van der Waals surface area contributed by atoms with Crippen molar-refractivity contribution in [1.29, 1.82) is 0 Å². The number of halogens is 1. The first-order valence-corrected chi connectivity index (χ1v) is 12.4. The number of hydrogen-bond donors (Lipinski definition) is 0. The summed E-state index contributed by atoms with van der Waals surface area (Å²) in [5.41, 5.74) is 1.21. The van der Waals surface area contributed by atoms with E-state index in [-0.39, 0.29) is 10.1 Å². The maximum Gasteiger partial charge on any atom is 0.252 e. The summed E-state index contributed by atoms with van der Waals surface area (Å²) >= 11 is 6.95. The number of amides is 1. The van der Waals surface area contributed by atoms with E-state index in [0.29, 0.717) is 43.1 Å². The fourth-order valence-electron chi connectivity index (χ4n) is 3.59. The fourth-order valence-corrected chi connectivity index (χ4v) is 6.65. The molecule has 2 heterocycles. The average molecular weight is 454 g/mol. The third-order valence-corrected chi connectivity index (χ3v) is 8.96. The molecule has 156 valence electrons. The SMILES string of the molecule is O=C(CN(Cc1ccccc1)C1CC1)N1CCN(S(=O)(=O)c2ccc(Cl)s2)CC1. The van der Waals surface area contributed by atoms with Gasteiger partial charge >= 0.3 is 0 Å². The van der Waals surface area contributed by atoms with Gasteiger partial charge in [-0.2, -0.15) is 4.31 Å². The molecule has 1 aromatic carbocycles. The molecule has 29 heavy (non-hydrogen) atoms. The Balaban J connectivity index is 1.33. The molecular formula is C20H24ClN3O3S2. The van der Waals surface area contributed by atoms with E-state index in [0.717, 1.165) is 30.7 Å². The van der Waals surface area contributed by atoms with E-state index in [9.17, 15) is 13.2 Å². The zero-order valence-electron chi connectivity index (χ0n) is 16.0. The first-order chi connectivity index (χ1) is 13.9. The highest BCUT2D eigenvalue weighted by atomic mass is 35.5. The van der Waals surface area contributed by atoms with Crippen LogP contribution in [0.3, 0.4) is 0 Å². The normalized spacial score (nSPS) is 18.3. The molecule has 2 aliphatic rings. The lowest BCUT2D eigenvalue weighted by atomic mass is 10.2. The summed E-state index contributed by atoms with van der Waals surface area (Å²) in [6, 6.07) is 13.8. The van der Waals surface area contributed by atoms with E-state index >= 15 is 0 Å². The van der Waals surface area contributed by atoms with Gasteiger partial charge in [-0.15, -0.1) is 11.3 Å². The van der Waals surface area contributed by atoms with Crippen LogP contribution in [0.2, 0.25) is 4.34 Å². The highest BCUT2D eigenvalue weighted by Crippen LogP contribution is 2.30. The predicted octanol–water partition coefficient (Wildman–Crippen LogP) is 2.90. The molecule has 2 fully saturated rings. The van der Waals surface area contributed by atoms with Gasteiger partial charge in [-0.3, -0.25) is 9.69 Å². The van der Waals surface area contributed by atoms with Gasteiger partial charge in [0.25, 0.3) is 10.0 Å². The number of benzene rings is 1. The number of sulfonamides is 1. The summed E-state index contributed by atoms with van der Waals surface area (Å²) in [6.07, 6.45) is 2.27. The molecule has 1 saturated carbocycles. The molecule has 0 bridgehead atoms. The zero-order chi connectivity index (χ0) is 20.4. The summed E-state index contributed by atoms with van der Waals surface area (Å²) in [4.78, 5) is 16.9. The molecule has 2 aromatic rings. The Morgan fingerprint density at radius 1 is 1.07 bits per heavy atom. The molecule has 1 aliphatic carbocycles. The van der Waals surface area contributed by atoms with Crippen molar-refractivity contribution in [2.24, 2.45) is 0 Å². The van der Waals surface area contributed by atoms with Gasteiger partial charge in [0, 0.05) is 38.8 Å². The summed E-state index contributed by atoms with van der Waals surface area (Å²) in [5.74, 6) is 0.0732. The number of nitrogens with zero attached hydrogens (tertiary/aromatic N) is 3. The fraction of sp³-hybridized carbons (Fsp3) is 0.450. The Morgan fingerprint density at radius 2 is 1.76 bits per heavy atom. The van der Waals surface area contributed by atoms with Crippen molar-refractivity contribution >= 4 is 38.9 Å². The average Bonchev–Trinajstić information content (AvgIpc) is 3.48. The summed E-state index contributed by atoms with van der Waals surface area (Å²) < 4.78 is 27.6. The monoisotopic (exact) mass is 453 g/mol. The van der Waals surface area contributed by atoms with Crippen molar-refractivity contribution in [1.82, 2.24) is 14.1 Å². The number of rotatable bonds is 7. The van der Waals surface area contributed by atoms with Crippen molar-refractivity contribution < 1.29 is 13.2 Å². The molecule has 1 aliphatic heterocycles. The summed E-state index contributed by atoms with van der Waals surface area (Å²) in [5, 5.41) is 0. The second-order valence-corrected chi connectivity index (χ2v) is 11.3. The number of piperazine rings is 1. The topological polar surface area (TPSA) is 60.9 Å². The highest BCUT2D eigenvalue weighted by molar-refractivity contribution is 7.91. The third kappa shape index (κ3) is 5.00. The molecule has 0 N–H and O–H groups in total.